The second kappa shape index (κ2) is 8.08. The number of hydrogen-bond donors (Lipinski definition) is 1. The highest BCUT2D eigenvalue weighted by molar-refractivity contribution is 6.17. The molecule has 0 bridgehead atoms. The fraction of sp³-hybridized carbons (Fsp3) is 0.192. The van der Waals surface area contributed by atoms with Crippen molar-refractivity contribution in [3.63, 3.8) is 0 Å². The van der Waals surface area contributed by atoms with Gasteiger partial charge in [-0.1, -0.05) is 18.2 Å². The third-order valence-corrected chi connectivity index (χ3v) is 6.25. The Labute approximate surface area is 190 Å². The predicted octanol–water partition coefficient (Wildman–Crippen LogP) is 3.44. The zero-order valence-electron chi connectivity index (χ0n) is 18.2. The van der Waals surface area contributed by atoms with Gasteiger partial charge in [-0.2, -0.15) is 5.26 Å². The number of amides is 2. The maximum Gasteiger partial charge on any atom is 0.254 e. The molecule has 4 aromatic rings. The topological polar surface area (TPSA) is 101 Å². The summed E-state index contributed by atoms with van der Waals surface area (Å²) >= 11 is 0. The van der Waals surface area contributed by atoms with E-state index in [1.54, 1.807) is 23.1 Å². The van der Waals surface area contributed by atoms with Gasteiger partial charge in [-0.3, -0.25) is 9.59 Å². The van der Waals surface area contributed by atoms with Gasteiger partial charge < -0.3 is 19.9 Å². The van der Waals surface area contributed by atoms with Crippen molar-refractivity contribution in [3.05, 3.63) is 71.3 Å². The molecule has 1 aromatic heterocycles. The van der Waals surface area contributed by atoms with Gasteiger partial charge in [-0.05, 0) is 47.5 Å². The molecule has 1 fully saturated rings. The van der Waals surface area contributed by atoms with E-state index in [-0.39, 0.29) is 5.91 Å². The summed E-state index contributed by atoms with van der Waals surface area (Å²) in [5.74, 6) is -0.551. The van der Waals surface area contributed by atoms with Crippen molar-refractivity contribution in [3.8, 4) is 17.2 Å². The van der Waals surface area contributed by atoms with Crippen molar-refractivity contribution in [2.24, 2.45) is 12.8 Å². The molecule has 0 radical (unpaired) electrons. The van der Waals surface area contributed by atoms with Gasteiger partial charge in [0, 0.05) is 42.0 Å². The number of ether oxygens (including phenoxy) is 1. The summed E-state index contributed by atoms with van der Waals surface area (Å²) in [6, 6.07) is 18.8. The number of nitrogens with two attached hydrogens (primary N) is 1. The largest absolute Gasteiger partial charge is 0.378 e. The molecule has 0 aliphatic carbocycles. The Morgan fingerprint density at radius 1 is 0.970 bits per heavy atom. The predicted molar refractivity (Wildman–Crippen MR) is 126 cm³/mol. The van der Waals surface area contributed by atoms with Crippen LogP contribution in [-0.2, 0) is 11.8 Å². The average molecular weight is 438 g/mol. The molecule has 1 saturated heterocycles. The molecular weight excluding hydrogens is 416 g/mol. The van der Waals surface area contributed by atoms with Gasteiger partial charge in [0.15, 0.2) is 0 Å². The van der Waals surface area contributed by atoms with Crippen LogP contribution in [0.3, 0.4) is 0 Å². The van der Waals surface area contributed by atoms with E-state index in [0.29, 0.717) is 43.0 Å². The third-order valence-electron chi connectivity index (χ3n) is 6.25. The van der Waals surface area contributed by atoms with Gasteiger partial charge in [0.1, 0.15) is 0 Å². The molecule has 2 amide bonds. The van der Waals surface area contributed by atoms with E-state index in [1.807, 2.05) is 48.0 Å². The first kappa shape index (κ1) is 20.7. The minimum Gasteiger partial charge on any atom is -0.378 e. The summed E-state index contributed by atoms with van der Waals surface area (Å²) in [4.78, 5) is 27.2. The van der Waals surface area contributed by atoms with Gasteiger partial charge in [0.05, 0.1) is 35.9 Å². The van der Waals surface area contributed by atoms with Crippen molar-refractivity contribution < 1.29 is 14.3 Å². The summed E-state index contributed by atoms with van der Waals surface area (Å²) in [6.07, 6.45) is 0. The Balaban J connectivity index is 1.68. The molecule has 1 aliphatic heterocycles. The van der Waals surface area contributed by atoms with E-state index >= 15 is 0 Å². The second-order valence-electron chi connectivity index (χ2n) is 8.17. The van der Waals surface area contributed by atoms with Crippen LogP contribution < -0.4 is 5.73 Å². The number of carbonyl (C=O) groups is 2. The fourth-order valence-corrected chi connectivity index (χ4v) is 4.53. The molecular formula is C26H22N4O3. The molecule has 1 aliphatic rings. The maximum atomic E-state index is 13.0. The fourth-order valence-electron chi connectivity index (χ4n) is 4.53. The number of rotatable bonds is 3. The molecule has 7 nitrogen and oxygen atoms in total. The van der Waals surface area contributed by atoms with Crippen LogP contribution >= 0.6 is 0 Å². The first-order chi connectivity index (χ1) is 16.0. The van der Waals surface area contributed by atoms with Crippen LogP contribution in [0.15, 0.2) is 54.6 Å². The first-order valence-corrected chi connectivity index (χ1v) is 10.7. The van der Waals surface area contributed by atoms with Crippen molar-refractivity contribution >= 4 is 33.6 Å². The minimum absolute atomic E-state index is 0.0288. The molecule has 0 atom stereocenters. The highest BCUT2D eigenvalue weighted by atomic mass is 16.5. The minimum atomic E-state index is -0.522. The number of carbonyl (C=O) groups excluding carboxylic acids is 2. The van der Waals surface area contributed by atoms with Gasteiger partial charge in [-0.25, -0.2) is 0 Å². The van der Waals surface area contributed by atoms with Crippen LogP contribution in [0.2, 0.25) is 0 Å². The van der Waals surface area contributed by atoms with Crippen molar-refractivity contribution in [2.45, 2.75) is 0 Å². The Morgan fingerprint density at radius 2 is 1.70 bits per heavy atom. The zero-order chi connectivity index (χ0) is 23.1. The number of aryl methyl sites for hydroxylation is 1. The lowest BCUT2D eigenvalue weighted by Crippen LogP contribution is -2.40. The van der Waals surface area contributed by atoms with E-state index in [1.165, 1.54) is 0 Å². The molecule has 0 spiro atoms. The second-order valence-corrected chi connectivity index (χ2v) is 8.17. The van der Waals surface area contributed by atoms with Crippen molar-refractivity contribution in [1.29, 1.82) is 5.26 Å². The molecule has 164 valence electrons. The molecule has 0 saturated carbocycles. The number of hydrogen-bond acceptors (Lipinski definition) is 4. The quantitative estimate of drug-likeness (QED) is 0.529. The van der Waals surface area contributed by atoms with Crippen molar-refractivity contribution in [2.75, 3.05) is 26.3 Å². The van der Waals surface area contributed by atoms with E-state index in [4.69, 9.17) is 15.7 Å². The SMILES string of the molecule is Cn1c2cc(C(=O)N3CCOCC3)ccc2c2cc(-c3ccc(C#N)cc3)cc(C(N)=O)c21. The molecule has 33 heavy (non-hydrogen) atoms. The summed E-state index contributed by atoms with van der Waals surface area (Å²) < 4.78 is 7.27. The summed E-state index contributed by atoms with van der Waals surface area (Å²) in [7, 11) is 1.88. The van der Waals surface area contributed by atoms with Gasteiger partial charge in [0.25, 0.3) is 11.8 Å². The van der Waals surface area contributed by atoms with Gasteiger partial charge >= 0.3 is 0 Å². The number of nitriles is 1. The zero-order valence-corrected chi connectivity index (χ0v) is 18.2. The van der Waals surface area contributed by atoms with Gasteiger partial charge in [0.2, 0.25) is 0 Å². The van der Waals surface area contributed by atoms with Crippen LogP contribution in [0.1, 0.15) is 26.3 Å². The lowest BCUT2D eigenvalue weighted by atomic mass is 9.98. The van der Waals surface area contributed by atoms with E-state index in [9.17, 15) is 9.59 Å². The summed E-state index contributed by atoms with van der Waals surface area (Å²) in [5, 5.41) is 10.9. The van der Waals surface area contributed by atoms with Crippen molar-refractivity contribution in [1.82, 2.24) is 9.47 Å². The molecule has 2 heterocycles. The Hall–Kier alpha value is -4.15. The first-order valence-electron chi connectivity index (χ1n) is 10.7. The van der Waals surface area contributed by atoms with E-state index in [0.717, 1.165) is 32.9 Å². The number of aromatic nitrogens is 1. The summed E-state index contributed by atoms with van der Waals surface area (Å²) in [5.41, 5.74) is 10.6. The molecule has 0 unspecified atom stereocenters. The van der Waals surface area contributed by atoms with E-state index < -0.39 is 5.91 Å². The van der Waals surface area contributed by atoms with E-state index in [2.05, 4.69) is 6.07 Å². The lowest BCUT2D eigenvalue weighted by Gasteiger charge is -2.26. The van der Waals surface area contributed by atoms with Crippen LogP contribution in [-0.4, -0.2) is 47.6 Å². The van der Waals surface area contributed by atoms with Gasteiger partial charge in [-0.15, -0.1) is 0 Å². The number of morpholine rings is 1. The normalized spacial score (nSPS) is 13.9. The number of primary amides is 1. The van der Waals surface area contributed by atoms with Crippen LogP contribution in [0.5, 0.6) is 0 Å². The Kier molecular flexibility index (Phi) is 5.08. The van der Waals surface area contributed by atoms with Crippen LogP contribution in [0.4, 0.5) is 0 Å². The Bertz CT molecular complexity index is 1460. The molecule has 5 rings (SSSR count). The maximum absolute atomic E-state index is 13.0. The van der Waals surface area contributed by atoms with Crippen LogP contribution in [0.25, 0.3) is 32.9 Å². The highest BCUT2D eigenvalue weighted by Crippen LogP contribution is 2.35. The number of nitrogens with zero attached hydrogens (tertiary/aromatic N) is 3. The molecule has 7 heteroatoms. The standard InChI is InChI=1S/C26H22N4O3/c1-29-23-14-18(26(32)30-8-10-33-11-9-30)6-7-20(23)21-12-19(13-22(24(21)29)25(28)31)17-4-2-16(15-27)3-5-17/h2-7,12-14H,8-11H2,1H3,(H2,28,31). The smallest absolute Gasteiger partial charge is 0.254 e. The average Bonchev–Trinajstić information content (AvgIpc) is 3.14. The molecule has 2 N–H and O–H groups in total. The Morgan fingerprint density at radius 3 is 2.36 bits per heavy atom. The number of benzene rings is 3. The highest BCUT2D eigenvalue weighted by Gasteiger charge is 2.21. The number of fused-ring (bicyclic) bond motifs is 3. The van der Waals surface area contributed by atoms with Crippen LogP contribution in [0, 0.1) is 11.3 Å². The molecule has 3 aromatic carbocycles. The summed E-state index contributed by atoms with van der Waals surface area (Å²) in [6.45, 7) is 2.24. The monoisotopic (exact) mass is 438 g/mol. The third kappa shape index (κ3) is 3.51. The lowest BCUT2D eigenvalue weighted by molar-refractivity contribution is 0.0303.